The molecule has 1 aromatic carbocycles. The monoisotopic (exact) mass is 277 g/mol. The smallest absolute Gasteiger partial charge is 0.0779 e. The fourth-order valence-corrected chi connectivity index (χ4v) is 2.63. The van der Waals surface area contributed by atoms with Gasteiger partial charge < -0.3 is 10.1 Å². The highest BCUT2D eigenvalue weighted by Gasteiger charge is 2.32. The van der Waals surface area contributed by atoms with Gasteiger partial charge in [-0.2, -0.15) is 0 Å². The SMILES string of the molecule is CCCNC(Cc1ccccc1)C(OCC)C(C)(C)C. The number of hydrogen-bond donors (Lipinski definition) is 1. The normalized spacial score (nSPS) is 15.1. The third-order valence-corrected chi connectivity index (χ3v) is 3.52. The van der Waals surface area contributed by atoms with Gasteiger partial charge in [0, 0.05) is 12.6 Å². The van der Waals surface area contributed by atoms with Crippen molar-refractivity contribution in [1.29, 1.82) is 0 Å². The second-order valence-corrected chi connectivity index (χ2v) is 6.49. The highest BCUT2D eigenvalue weighted by molar-refractivity contribution is 5.16. The summed E-state index contributed by atoms with van der Waals surface area (Å²) in [4.78, 5) is 0. The number of hydrogen-bond acceptors (Lipinski definition) is 2. The first kappa shape index (κ1) is 17.2. The van der Waals surface area contributed by atoms with Crippen LogP contribution >= 0.6 is 0 Å². The van der Waals surface area contributed by atoms with Gasteiger partial charge in [0.2, 0.25) is 0 Å². The predicted octanol–water partition coefficient (Wildman–Crippen LogP) is 4.05. The Morgan fingerprint density at radius 1 is 1.10 bits per heavy atom. The van der Waals surface area contributed by atoms with Gasteiger partial charge in [-0.15, -0.1) is 0 Å². The molecule has 0 spiro atoms. The third-order valence-electron chi connectivity index (χ3n) is 3.52. The molecule has 0 radical (unpaired) electrons. The van der Waals surface area contributed by atoms with Crippen LogP contribution in [0.15, 0.2) is 30.3 Å². The summed E-state index contributed by atoms with van der Waals surface area (Å²) in [6, 6.07) is 11.1. The lowest BCUT2D eigenvalue weighted by atomic mass is 9.82. The van der Waals surface area contributed by atoms with Crippen molar-refractivity contribution in [3.8, 4) is 0 Å². The zero-order valence-corrected chi connectivity index (χ0v) is 13.8. The number of ether oxygens (including phenoxy) is 1. The fraction of sp³-hybridized carbons (Fsp3) is 0.667. The lowest BCUT2D eigenvalue weighted by Crippen LogP contribution is -2.49. The first-order chi connectivity index (χ1) is 9.49. The molecule has 0 bridgehead atoms. The maximum atomic E-state index is 6.08. The van der Waals surface area contributed by atoms with Crippen molar-refractivity contribution >= 4 is 0 Å². The summed E-state index contributed by atoms with van der Waals surface area (Å²) >= 11 is 0. The molecule has 2 unspecified atom stereocenters. The molecule has 2 nitrogen and oxygen atoms in total. The Morgan fingerprint density at radius 2 is 1.75 bits per heavy atom. The molecule has 2 heteroatoms. The minimum absolute atomic E-state index is 0.135. The van der Waals surface area contributed by atoms with Gasteiger partial charge in [0.15, 0.2) is 0 Å². The molecule has 1 aromatic rings. The van der Waals surface area contributed by atoms with E-state index in [-0.39, 0.29) is 11.5 Å². The summed E-state index contributed by atoms with van der Waals surface area (Å²) < 4.78 is 6.08. The maximum absolute atomic E-state index is 6.08. The molecule has 0 saturated carbocycles. The van der Waals surface area contributed by atoms with Crippen molar-refractivity contribution in [3.63, 3.8) is 0 Å². The van der Waals surface area contributed by atoms with Crippen LogP contribution in [0.2, 0.25) is 0 Å². The van der Waals surface area contributed by atoms with Crippen LogP contribution < -0.4 is 5.32 Å². The maximum Gasteiger partial charge on any atom is 0.0779 e. The van der Waals surface area contributed by atoms with Crippen LogP contribution in [0.3, 0.4) is 0 Å². The molecule has 0 aliphatic rings. The van der Waals surface area contributed by atoms with E-state index in [1.54, 1.807) is 0 Å². The molecular weight excluding hydrogens is 246 g/mol. The molecule has 1 N–H and O–H groups in total. The van der Waals surface area contributed by atoms with Crippen molar-refractivity contribution in [2.45, 2.75) is 59.6 Å². The molecule has 0 heterocycles. The Hall–Kier alpha value is -0.860. The quantitative estimate of drug-likeness (QED) is 0.774. The highest BCUT2D eigenvalue weighted by Crippen LogP contribution is 2.26. The Balaban J connectivity index is 2.85. The Bertz CT molecular complexity index is 355. The molecule has 2 atom stereocenters. The molecule has 0 amide bonds. The molecule has 0 fully saturated rings. The van der Waals surface area contributed by atoms with E-state index in [2.05, 4.69) is 70.3 Å². The van der Waals surface area contributed by atoms with E-state index in [9.17, 15) is 0 Å². The molecule has 0 saturated heterocycles. The highest BCUT2D eigenvalue weighted by atomic mass is 16.5. The number of nitrogens with one attached hydrogen (secondary N) is 1. The van der Waals surface area contributed by atoms with Crippen LogP contribution in [0.25, 0.3) is 0 Å². The van der Waals surface area contributed by atoms with E-state index in [4.69, 9.17) is 4.74 Å². The number of benzene rings is 1. The fourth-order valence-electron chi connectivity index (χ4n) is 2.63. The van der Waals surface area contributed by atoms with Gasteiger partial charge in [0.1, 0.15) is 0 Å². The van der Waals surface area contributed by atoms with Gasteiger partial charge in [-0.3, -0.25) is 0 Å². The molecule has 0 aliphatic heterocycles. The standard InChI is InChI=1S/C18H31NO/c1-6-13-19-16(14-15-11-9-8-10-12-15)17(20-7-2)18(3,4)5/h8-12,16-17,19H,6-7,13-14H2,1-5H3. The van der Waals surface area contributed by atoms with Crippen LogP contribution in [0.4, 0.5) is 0 Å². The molecular formula is C18H31NO. The lowest BCUT2D eigenvalue weighted by molar-refractivity contribution is -0.0355. The topological polar surface area (TPSA) is 21.3 Å². The van der Waals surface area contributed by atoms with Crippen molar-refractivity contribution in [2.75, 3.05) is 13.2 Å². The minimum atomic E-state index is 0.135. The first-order valence-corrected chi connectivity index (χ1v) is 7.88. The van der Waals surface area contributed by atoms with Gasteiger partial charge in [-0.1, -0.05) is 58.0 Å². The zero-order chi connectivity index (χ0) is 15.0. The van der Waals surface area contributed by atoms with Crippen LogP contribution in [-0.4, -0.2) is 25.3 Å². The lowest BCUT2D eigenvalue weighted by Gasteiger charge is -2.37. The molecule has 114 valence electrons. The number of rotatable bonds is 8. The Labute approximate surface area is 124 Å². The Morgan fingerprint density at radius 3 is 2.25 bits per heavy atom. The van der Waals surface area contributed by atoms with E-state index in [0.717, 1.165) is 26.0 Å². The van der Waals surface area contributed by atoms with Crippen molar-refractivity contribution in [3.05, 3.63) is 35.9 Å². The first-order valence-electron chi connectivity index (χ1n) is 7.88. The van der Waals surface area contributed by atoms with E-state index >= 15 is 0 Å². The van der Waals surface area contributed by atoms with Crippen LogP contribution in [0.1, 0.15) is 46.6 Å². The van der Waals surface area contributed by atoms with Crippen molar-refractivity contribution in [2.24, 2.45) is 5.41 Å². The van der Waals surface area contributed by atoms with Crippen LogP contribution in [-0.2, 0) is 11.2 Å². The summed E-state index contributed by atoms with van der Waals surface area (Å²) in [6.45, 7) is 12.9. The predicted molar refractivity (Wildman–Crippen MR) is 87.1 cm³/mol. The van der Waals surface area contributed by atoms with Crippen LogP contribution in [0.5, 0.6) is 0 Å². The molecule has 20 heavy (non-hydrogen) atoms. The van der Waals surface area contributed by atoms with Gasteiger partial charge >= 0.3 is 0 Å². The second-order valence-electron chi connectivity index (χ2n) is 6.49. The van der Waals surface area contributed by atoms with E-state index in [1.165, 1.54) is 5.56 Å². The largest absolute Gasteiger partial charge is 0.376 e. The average molecular weight is 277 g/mol. The third kappa shape index (κ3) is 5.64. The molecule has 1 rings (SSSR count). The van der Waals surface area contributed by atoms with Crippen molar-refractivity contribution < 1.29 is 4.74 Å². The summed E-state index contributed by atoms with van der Waals surface area (Å²) in [5.41, 5.74) is 1.51. The van der Waals surface area contributed by atoms with E-state index in [1.807, 2.05) is 0 Å². The summed E-state index contributed by atoms with van der Waals surface area (Å²) in [6.07, 6.45) is 2.39. The minimum Gasteiger partial charge on any atom is -0.376 e. The molecule has 0 aliphatic carbocycles. The summed E-state index contributed by atoms with van der Waals surface area (Å²) in [7, 11) is 0. The van der Waals surface area contributed by atoms with Gasteiger partial charge in [-0.05, 0) is 37.3 Å². The Kier molecular flexibility index (Phi) is 7.25. The average Bonchev–Trinajstić information content (AvgIpc) is 2.41. The molecule has 0 aromatic heterocycles. The van der Waals surface area contributed by atoms with E-state index < -0.39 is 0 Å². The summed E-state index contributed by atoms with van der Waals surface area (Å²) in [5.74, 6) is 0. The van der Waals surface area contributed by atoms with Gasteiger partial charge in [-0.25, -0.2) is 0 Å². The van der Waals surface area contributed by atoms with Crippen molar-refractivity contribution in [1.82, 2.24) is 5.32 Å². The van der Waals surface area contributed by atoms with Gasteiger partial charge in [0.25, 0.3) is 0 Å². The zero-order valence-electron chi connectivity index (χ0n) is 13.8. The van der Waals surface area contributed by atoms with Crippen LogP contribution in [0, 0.1) is 5.41 Å². The van der Waals surface area contributed by atoms with Gasteiger partial charge in [0.05, 0.1) is 6.10 Å². The second kappa shape index (κ2) is 8.43. The van der Waals surface area contributed by atoms with E-state index in [0.29, 0.717) is 6.04 Å². The summed E-state index contributed by atoms with van der Waals surface area (Å²) in [5, 5.41) is 3.68.